The minimum atomic E-state index is -0.613. The van der Waals surface area contributed by atoms with Crippen molar-refractivity contribution in [3.63, 3.8) is 0 Å². The number of hydrogen-bond acceptors (Lipinski definition) is 5. The van der Waals surface area contributed by atoms with Gasteiger partial charge in [0.05, 0.1) is 18.3 Å². The number of halogens is 1. The predicted molar refractivity (Wildman–Crippen MR) is 85.5 cm³/mol. The average molecular weight is 323 g/mol. The highest BCUT2D eigenvalue weighted by molar-refractivity contribution is 5.95. The van der Waals surface area contributed by atoms with Gasteiger partial charge >= 0.3 is 0 Å². The van der Waals surface area contributed by atoms with Crippen molar-refractivity contribution in [2.24, 2.45) is 0 Å². The second-order valence-electron chi connectivity index (χ2n) is 5.17. The van der Waals surface area contributed by atoms with Gasteiger partial charge in [-0.05, 0) is 31.2 Å². The molecule has 0 N–H and O–H groups in total. The van der Waals surface area contributed by atoms with Gasteiger partial charge in [-0.15, -0.1) is 0 Å². The van der Waals surface area contributed by atoms with Gasteiger partial charge in [0.2, 0.25) is 5.95 Å². The first-order valence-corrected chi connectivity index (χ1v) is 7.31. The van der Waals surface area contributed by atoms with E-state index < -0.39 is 5.95 Å². The van der Waals surface area contributed by atoms with Crippen LogP contribution in [-0.4, -0.2) is 20.7 Å². The van der Waals surface area contributed by atoms with Crippen molar-refractivity contribution in [1.82, 2.24) is 15.0 Å². The monoisotopic (exact) mass is 323 g/mol. The summed E-state index contributed by atoms with van der Waals surface area (Å²) >= 11 is 0. The van der Waals surface area contributed by atoms with Crippen molar-refractivity contribution >= 4 is 5.78 Å². The molecule has 0 amide bonds. The van der Waals surface area contributed by atoms with E-state index in [1.807, 2.05) is 0 Å². The van der Waals surface area contributed by atoms with E-state index >= 15 is 0 Å². The first kappa shape index (κ1) is 15.7. The Morgan fingerprint density at radius 1 is 1.12 bits per heavy atom. The molecule has 0 aromatic carbocycles. The van der Waals surface area contributed by atoms with Gasteiger partial charge < -0.3 is 4.74 Å². The van der Waals surface area contributed by atoms with E-state index in [2.05, 4.69) is 15.0 Å². The van der Waals surface area contributed by atoms with Gasteiger partial charge in [0, 0.05) is 24.0 Å². The van der Waals surface area contributed by atoms with Crippen LogP contribution >= 0.6 is 0 Å². The Bertz CT molecular complexity index is 869. The molecule has 0 aliphatic heterocycles. The lowest BCUT2D eigenvalue weighted by atomic mass is 10.1. The number of aryl methyl sites for hydroxylation is 1. The smallest absolute Gasteiger partial charge is 0.213 e. The molecular weight excluding hydrogens is 309 g/mol. The Morgan fingerprint density at radius 3 is 2.75 bits per heavy atom. The summed E-state index contributed by atoms with van der Waals surface area (Å²) in [5.41, 5.74) is 1.25. The molecule has 0 aliphatic carbocycles. The maximum atomic E-state index is 13.1. The van der Waals surface area contributed by atoms with Gasteiger partial charge in [0.25, 0.3) is 0 Å². The van der Waals surface area contributed by atoms with Crippen molar-refractivity contribution in [3.8, 4) is 11.5 Å². The molecule has 0 aliphatic rings. The molecule has 24 heavy (non-hydrogen) atoms. The molecule has 0 atom stereocenters. The summed E-state index contributed by atoms with van der Waals surface area (Å²) in [7, 11) is 0. The Morgan fingerprint density at radius 2 is 2.00 bits per heavy atom. The summed E-state index contributed by atoms with van der Waals surface area (Å²) in [6.45, 7) is 1.77. The standard InChI is InChI=1S/C18H14FN3O2/c1-12-8-15(24-14-5-3-7-20-11-14)10-16(21-12)17(23)9-13-4-2-6-18(19)22-13/h2-8,10-11H,9H2,1H3. The number of ether oxygens (including phenoxy) is 1. The molecular formula is C18H14FN3O2. The normalized spacial score (nSPS) is 10.4. The first-order valence-electron chi connectivity index (χ1n) is 7.31. The summed E-state index contributed by atoms with van der Waals surface area (Å²) in [5, 5.41) is 0. The van der Waals surface area contributed by atoms with E-state index in [9.17, 15) is 9.18 Å². The molecule has 6 heteroatoms. The van der Waals surface area contributed by atoms with Gasteiger partial charge in [-0.2, -0.15) is 4.39 Å². The number of nitrogens with zero attached hydrogens (tertiary/aromatic N) is 3. The highest BCUT2D eigenvalue weighted by Crippen LogP contribution is 2.22. The molecule has 0 unspecified atom stereocenters. The number of ketones is 1. The minimum absolute atomic E-state index is 0.0272. The van der Waals surface area contributed by atoms with Gasteiger partial charge in [-0.1, -0.05) is 6.07 Å². The lowest BCUT2D eigenvalue weighted by Gasteiger charge is -2.08. The van der Waals surface area contributed by atoms with Crippen LogP contribution in [0.2, 0.25) is 0 Å². The van der Waals surface area contributed by atoms with Gasteiger partial charge in [-0.3, -0.25) is 9.78 Å². The third-order valence-electron chi connectivity index (χ3n) is 3.20. The van der Waals surface area contributed by atoms with Crippen molar-refractivity contribution in [1.29, 1.82) is 0 Å². The molecule has 3 aromatic heterocycles. The van der Waals surface area contributed by atoms with Crippen LogP contribution in [0.5, 0.6) is 11.5 Å². The number of rotatable bonds is 5. The molecule has 0 fully saturated rings. The van der Waals surface area contributed by atoms with Crippen LogP contribution in [-0.2, 0) is 6.42 Å². The summed E-state index contributed by atoms with van der Waals surface area (Å²) in [4.78, 5) is 24.3. The van der Waals surface area contributed by atoms with Crippen molar-refractivity contribution in [3.05, 3.63) is 77.9 Å². The summed E-state index contributed by atoms with van der Waals surface area (Å²) in [6.07, 6.45) is 3.19. The van der Waals surface area contributed by atoms with Crippen molar-refractivity contribution in [2.45, 2.75) is 13.3 Å². The topological polar surface area (TPSA) is 65.0 Å². The molecule has 0 spiro atoms. The molecule has 3 aromatic rings. The molecule has 3 rings (SSSR count). The summed E-state index contributed by atoms with van der Waals surface area (Å²) in [5.74, 6) is 0.185. The van der Waals surface area contributed by atoms with Gasteiger partial charge in [-0.25, -0.2) is 9.97 Å². The zero-order valence-electron chi connectivity index (χ0n) is 12.9. The van der Waals surface area contributed by atoms with E-state index in [4.69, 9.17) is 4.74 Å². The van der Waals surface area contributed by atoms with Crippen LogP contribution in [0.3, 0.4) is 0 Å². The van der Waals surface area contributed by atoms with E-state index in [-0.39, 0.29) is 17.9 Å². The number of carbonyl (C=O) groups excluding carboxylic acids is 1. The van der Waals surface area contributed by atoms with Crippen LogP contribution < -0.4 is 4.74 Å². The number of carbonyl (C=O) groups is 1. The number of aromatic nitrogens is 3. The number of Topliss-reactive ketones (excluding diaryl/α,β-unsaturated/α-hetero) is 1. The zero-order valence-corrected chi connectivity index (χ0v) is 12.9. The fourth-order valence-electron chi connectivity index (χ4n) is 2.19. The molecule has 0 radical (unpaired) electrons. The summed E-state index contributed by atoms with van der Waals surface area (Å²) < 4.78 is 18.8. The zero-order chi connectivity index (χ0) is 16.9. The lowest BCUT2D eigenvalue weighted by Crippen LogP contribution is -2.09. The quantitative estimate of drug-likeness (QED) is 0.531. The number of hydrogen-bond donors (Lipinski definition) is 0. The van der Waals surface area contributed by atoms with Crippen LogP contribution in [0, 0.1) is 12.9 Å². The SMILES string of the molecule is Cc1cc(Oc2cccnc2)cc(C(=O)Cc2cccc(F)n2)n1. The third-order valence-corrected chi connectivity index (χ3v) is 3.20. The molecule has 3 heterocycles. The number of pyridine rings is 3. The van der Waals surface area contributed by atoms with E-state index in [1.54, 1.807) is 49.6 Å². The van der Waals surface area contributed by atoms with Crippen molar-refractivity contribution in [2.75, 3.05) is 0 Å². The fraction of sp³-hybridized carbons (Fsp3) is 0.111. The Balaban J connectivity index is 1.81. The maximum absolute atomic E-state index is 13.1. The first-order chi connectivity index (χ1) is 11.6. The van der Waals surface area contributed by atoms with Crippen LogP contribution in [0.4, 0.5) is 4.39 Å². The molecule has 0 saturated heterocycles. The molecule has 0 saturated carbocycles. The van der Waals surface area contributed by atoms with Crippen LogP contribution in [0.15, 0.2) is 54.9 Å². The minimum Gasteiger partial charge on any atom is -0.456 e. The molecule has 120 valence electrons. The second-order valence-corrected chi connectivity index (χ2v) is 5.17. The van der Waals surface area contributed by atoms with E-state index in [0.29, 0.717) is 22.9 Å². The van der Waals surface area contributed by atoms with Gasteiger partial charge in [0.1, 0.15) is 17.2 Å². The second kappa shape index (κ2) is 6.95. The third kappa shape index (κ3) is 3.98. The average Bonchev–Trinajstić information content (AvgIpc) is 2.55. The van der Waals surface area contributed by atoms with Crippen molar-refractivity contribution < 1.29 is 13.9 Å². The molecule has 0 bridgehead atoms. The molecule has 5 nitrogen and oxygen atoms in total. The largest absolute Gasteiger partial charge is 0.456 e. The van der Waals surface area contributed by atoms with Gasteiger partial charge in [0.15, 0.2) is 5.78 Å². The highest BCUT2D eigenvalue weighted by atomic mass is 19.1. The van der Waals surface area contributed by atoms with Crippen LogP contribution in [0.25, 0.3) is 0 Å². The maximum Gasteiger partial charge on any atom is 0.213 e. The Kier molecular flexibility index (Phi) is 4.56. The van der Waals surface area contributed by atoms with E-state index in [1.165, 1.54) is 12.1 Å². The highest BCUT2D eigenvalue weighted by Gasteiger charge is 2.13. The van der Waals surface area contributed by atoms with E-state index in [0.717, 1.165) is 0 Å². The Labute approximate surface area is 138 Å². The predicted octanol–water partition coefficient (Wildman–Crippen LogP) is 3.54. The van der Waals surface area contributed by atoms with Crippen LogP contribution in [0.1, 0.15) is 21.9 Å². The Hall–Kier alpha value is -3.15. The summed E-state index contributed by atoms with van der Waals surface area (Å²) in [6, 6.07) is 11.2. The fourth-order valence-corrected chi connectivity index (χ4v) is 2.19. The lowest BCUT2D eigenvalue weighted by molar-refractivity contribution is 0.0986.